The average molecular weight is 347 g/mol. The Bertz CT molecular complexity index is 1030. The lowest BCUT2D eigenvalue weighted by atomic mass is 9.94. The van der Waals surface area contributed by atoms with Crippen LogP contribution in [-0.4, -0.2) is 28.0 Å². The van der Waals surface area contributed by atoms with Crippen molar-refractivity contribution < 1.29 is 4.92 Å². The molecule has 0 spiro atoms. The Hall–Kier alpha value is -3.48. The van der Waals surface area contributed by atoms with Crippen LogP contribution < -0.4 is 10.6 Å². The summed E-state index contributed by atoms with van der Waals surface area (Å²) < 4.78 is 0. The summed E-state index contributed by atoms with van der Waals surface area (Å²) in [6.07, 6.45) is 4.17. The Morgan fingerprint density at radius 1 is 1.15 bits per heavy atom. The number of nitrogens with zero attached hydrogens (tertiary/aromatic N) is 4. The van der Waals surface area contributed by atoms with Gasteiger partial charge in [-0.1, -0.05) is 48.5 Å². The zero-order chi connectivity index (χ0) is 18.1. The number of aromatic nitrogens is 2. The molecular formula is C19H17N5O2. The second-order valence-corrected chi connectivity index (χ2v) is 6.15. The number of hydrogen-bond acceptors (Lipinski definition) is 6. The topological polar surface area (TPSA) is 98.2 Å². The third kappa shape index (κ3) is 2.83. The van der Waals surface area contributed by atoms with Gasteiger partial charge >= 0.3 is 5.69 Å². The van der Waals surface area contributed by atoms with Gasteiger partial charge in [-0.2, -0.15) is 4.98 Å². The van der Waals surface area contributed by atoms with Crippen molar-refractivity contribution in [3.05, 3.63) is 70.4 Å². The van der Waals surface area contributed by atoms with E-state index in [1.54, 1.807) is 0 Å². The number of benzene rings is 2. The summed E-state index contributed by atoms with van der Waals surface area (Å²) in [5.41, 5.74) is 7.94. The summed E-state index contributed by atoms with van der Waals surface area (Å²) >= 11 is 0. The number of nitrogen functional groups attached to an aromatic ring is 1. The minimum atomic E-state index is -0.576. The minimum Gasteiger partial charge on any atom is -0.378 e. The van der Waals surface area contributed by atoms with Gasteiger partial charge in [0.15, 0.2) is 0 Å². The van der Waals surface area contributed by atoms with E-state index in [1.165, 1.54) is 28.1 Å². The van der Waals surface area contributed by atoms with Gasteiger partial charge in [-0.3, -0.25) is 10.1 Å². The van der Waals surface area contributed by atoms with Gasteiger partial charge in [0.1, 0.15) is 6.20 Å². The Morgan fingerprint density at radius 2 is 1.96 bits per heavy atom. The molecular weight excluding hydrogens is 330 g/mol. The monoisotopic (exact) mass is 347 g/mol. The molecule has 0 fully saturated rings. The molecule has 0 amide bonds. The molecule has 1 aromatic heterocycles. The van der Waals surface area contributed by atoms with E-state index in [1.807, 2.05) is 11.0 Å². The fourth-order valence-corrected chi connectivity index (χ4v) is 3.27. The average Bonchev–Trinajstić information content (AvgIpc) is 2.67. The van der Waals surface area contributed by atoms with Crippen molar-refractivity contribution in [1.82, 2.24) is 9.97 Å². The lowest BCUT2D eigenvalue weighted by Crippen LogP contribution is -2.30. The summed E-state index contributed by atoms with van der Waals surface area (Å²) in [6, 6.07) is 14.7. The Morgan fingerprint density at radius 3 is 2.69 bits per heavy atom. The van der Waals surface area contributed by atoms with Gasteiger partial charge in [0.05, 0.1) is 4.92 Å². The second-order valence-electron chi connectivity index (χ2n) is 6.15. The highest BCUT2D eigenvalue weighted by Gasteiger charge is 2.20. The molecule has 0 aliphatic carbocycles. The summed E-state index contributed by atoms with van der Waals surface area (Å²) in [7, 11) is 0. The molecule has 0 bridgehead atoms. The quantitative estimate of drug-likeness (QED) is 0.576. The summed E-state index contributed by atoms with van der Waals surface area (Å²) in [5.74, 6) is 0.310. The molecule has 7 heteroatoms. The highest BCUT2D eigenvalue weighted by molar-refractivity contribution is 5.94. The number of fused-ring (bicyclic) bond motifs is 1. The minimum absolute atomic E-state index is 0.108. The van der Waals surface area contributed by atoms with Gasteiger partial charge in [0.2, 0.25) is 11.8 Å². The molecule has 26 heavy (non-hydrogen) atoms. The van der Waals surface area contributed by atoms with Crippen LogP contribution in [0.2, 0.25) is 0 Å². The van der Waals surface area contributed by atoms with E-state index in [9.17, 15) is 10.1 Å². The molecule has 1 aliphatic rings. The van der Waals surface area contributed by atoms with Crippen LogP contribution in [0.25, 0.3) is 16.3 Å². The van der Waals surface area contributed by atoms with Crippen LogP contribution >= 0.6 is 0 Å². The standard InChI is InChI=1S/C19H17N5O2/c20-18-17(24(25)26)12-21-19(22-18)23-10-8-14(9-11-23)16-7-3-5-13-4-1-2-6-15(13)16/h1-8,12H,9-11H2,(H2,20,21,22). The maximum Gasteiger partial charge on any atom is 0.329 e. The molecule has 7 nitrogen and oxygen atoms in total. The molecule has 4 rings (SSSR count). The highest BCUT2D eigenvalue weighted by atomic mass is 16.6. The van der Waals surface area contributed by atoms with Crippen molar-refractivity contribution in [3.63, 3.8) is 0 Å². The van der Waals surface area contributed by atoms with Crippen molar-refractivity contribution in [2.24, 2.45) is 0 Å². The molecule has 3 aromatic rings. The van der Waals surface area contributed by atoms with Crippen LogP contribution in [-0.2, 0) is 0 Å². The first-order valence-corrected chi connectivity index (χ1v) is 8.32. The maximum absolute atomic E-state index is 10.8. The Labute approximate surface area is 149 Å². The third-order valence-electron chi connectivity index (χ3n) is 4.61. The molecule has 2 aromatic carbocycles. The predicted molar refractivity (Wildman–Crippen MR) is 102 cm³/mol. The van der Waals surface area contributed by atoms with Gasteiger partial charge in [-0.15, -0.1) is 0 Å². The summed E-state index contributed by atoms with van der Waals surface area (Å²) in [5, 5.41) is 13.3. The molecule has 130 valence electrons. The molecule has 0 radical (unpaired) electrons. The number of nitro groups is 1. The predicted octanol–water partition coefficient (Wildman–Crippen LogP) is 3.41. The molecule has 2 heterocycles. The first-order valence-electron chi connectivity index (χ1n) is 8.32. The van der Waals surface area contributed by atoms with Crippen LogP contribution in [0.1, 0.15) is 12.0 Å². The maximum atomic E-state index is 10.8. The Balaban J connectivity index is 1.60. The van der Waals surface area contributed by atoms with Crippen molar-refractivity contribution in [1.29, 1.82) is 0 Å². The van der Waals surface area contributed by atoms with Crippen molar-refractivity contribution in [2.45, 2.75) is 6.42 Å². The Kier molecular flexibility index (Phi) is 3.96. The highest BCUT2D eigenvalue weighted by Crippen LogP contribution is 2.30. The van der Waals surface area contributed by atoms with E-state index in [4.69, 9.17) is 5.73 Å². The van der Waals surface area contributed by atoms with Gasteiger partial charge in [0.25, 0.3) is 0 Å². The van der Waals surface area contributed by atoms with Crippen LogP contribution in [0.4, 0.5) is 17.5 Å². The number of nitrogens with two attached hydrogens (primary N) is 1. The van der Waals surface area contributed by atoms with Gasteiger partial charge < -0.3 is 10.6 Å². The molecule has 0 saturated heterocycles. The molecule has 0 unspecified atom stereocenters. The SMILES string of the molecule is Nc1nc(N2CC=C(c3cccc4ccccc34)CC2)ncc1[N+](=O)[O-]. The zero-order valence-electron chi connectivity index (χ0n) is 14.0. The molecule has 2 N–H and O–H groups in total. The van der Waals surface area contributed by atoms with Crippen molar-refractivity contribution >= 4 is 33.8 Å². The van der Waals surface area contributed by atoms with Crippen LogP contribution in [0.3, 0.4) is 0 Å². The fourth-order valence-electron chi connectivity index (χ4n) is 3.27. The van der Waals surface area contributed by atoms with E-state index in [-0.39, 0.29) is 11.5 Å². The third-order valence-corrected chi connectivity index (χ3v) is 4.61. The van der Waals surface area contributed by atoms with E-state index in [2.05, 4.69) is 52.4 Å². The number of rotatable bonds is 3. The second kappa shape index (κ2) is 6.44. The smallest absolute Gasteiger partial charge is 0.329 e. The largest absolute Gasteiger partial charge is 0.378 e. The van der Waals surface area contributed by atoms with E-state index in [0.29, 0.717) is 12.5 Å². The molecule has 0 atom stereocenters. The number of hydrogen-bond donors (Lipinski definition) is 1. The molecule has 1 aliphatic heterocycles. The fraction of sp³-hybridized carbons (Fsp3) is 0.158. The van der Waals surface area contributed by atoms with Crippen molar-refractivity contribution in [2.75, 3.05) is 23.7 Å². The van der Waals surface area contributed by atoms with Gasteiger partial charge in [0, 0.05) is 13.1 Å². The number of anilines is 2. The lowest BCUT2D eigenvalue weighted by Gasteiger charge is -2.27. The summed E-state index contributed by atoms with van der Waals surface area (Å²) in [6.45, 7) is 1.36. The van der Waals surface area contributed by atoms with Crippen LogP contribution in [0.5, 0.6) is 0 Å². The van der Waals surface area contributed by atoms with Gasteiger partial charge in [-0.05, 0) is 28.3 Å². The normalized spacial score (nSPS) is 14.3. The summed E-state index contributed by atoms with van der Waals surface area (Å²) in [4.78, 5) is 20.4. The van der Waals surface area contributed by atoms with E-state index < -0.39 is 4.92 Å². The van der Waals surface area contributed by atoms with Crippen molar-refractivity contribution in [3.8, 4) is 0 Å². The zero-order valence-corrected chi connectivity index (χ0v) is 14.0. The van der Waals surface area contributed by atoms with E-state index in [0.717, 1.165) is 13.0 Å². The van der Waals surface area contributed by atoms with E-state index >= 15 is 0 Å². The first-order chi connectivity index (χ1) is 12.6. The van der Waals surface area contributed by atoms with Crippen LogP contribution in [0, 0.1) is 10.1 Å². The van der Waals surface area contributed by atoms with Gasteiger partial charge in [-0.25, -0.2) is 4.98 Å². The van der Waals surface area contributed by atoms with Crippen LogP contribution in [0.15, 0.2) is 54.7 Å². The first kappa shape index (κ1) is 16.0. The molecule has 0 saturated carbocycles. The lowest BCUT2D eigenvalue weighted by molar-refractivity contribution is -0.384.